The summed E-state index contributed by atoms with van der Waals surface area (Å²) < 4.78 is 11.8. The Morgan fingerprint density at radius 1 is 0.854 bits per heavy atom. The van der Waals surface area contributed by atoms with Crippen LogP contribution in [0, 0.1) is 17.8 Å². The summed E-state index contributed by atoms with van der Waals surface area (Å²) in [5.74, 6) is 0.938. The van der Waals surface area contributed by atoms with Gasteiger partial charge in [-0.1, -0.05) is 12.1 Å². The van der Waals surface area contributed by atoms with E-state index in [1.54, 1.807) is 5.06 Å². The van der Waals surface area contributed by atoms with Gasteiger partial charge in [0.2, 0.25) is 0 Å². The number of hydrogen-bond donors (Lipinski definition) is 2. The number of fused-ring (bicyclic) bond motifs is 1. The molecule has 4 bridgehead atoms. The number of nitrogens with one attached hydrogen (secondary N) is 1. The van der Waals surface area contributed by atoms with Crippen molar-refractivity contribution in [1.82, 2.24) is 5.32 Å². The minimum Gasteiger partial charge on any atom is -0.390 e. The van der Waals surface area contributed by atoms with Gasteiger partial charge in [-0.25, -0.2) is 9.86 Å². The number of hydroxylamine groups is 1. The molecule has 2 aromatic carbocycles. The third-order valence-corrected chi connectivity index (χ3v) is 10.6. The Labute approximate surface area is 241 Å². The molecule has 2 N–H and O–H groups in total. The first-order valence-electron chi connectivity index (χ1n) is 15.4. The average molecular weight is 561 g/mol. The third kappa shape index (κ3) is 4.62. The Balaban J connectivity index is 0.928. The lowest BCUT2D eigenvalue weighted by Gasteiger charge is -2.57. The number of ether oxygens (including phenoxy) is 2. The maximum atomic E-state index is 13.1. The van der Waals surface area contributed by atoms with Crippen molar-refractivity contribution in [2.45, 2.75) is 62.4 Å². The van der Waals surface area contributed by atoms with Gasteiger partial charge in [0, 0.05) is 49.9 Å². The van der Waals surface area contributed by atoms with Crippen LogP contribution in [0.25, 0.3) is 0 Å². The first kappa shape index (κ1) is 25.7. The van der Waals surface area contributed by atoms with Crippen molar-refractivity contribution in [2.24, 2.45) is 17.8 Å². The number of amides is 1. The van der Waals surface area contributed by atoms with E-state index in [4.69, 9.17) is 14.3 Å². The quantitative estimate of drug-likeness (QED) is 0.563. The molecule has 1 spiro atoms. The predicted octanol–water partition coefficient (Wildman–Crippen LogP) is 4.57. The van der Waals surface area contributed by atoms with Gasteiger partial charge in [-0.3, -0.25) is 0 Å². The van der Waals surface area contributed by atoms with Crippen molar-refractivity contribution in [1.29, 1.82) is 0 Å². The highest BCUT2D eigenvalue weighted by Crippen LogP contribution is 2.55. The summed E-state index contributed by atoms with van der Waals surface area (Å²) in [7, 11) is 0. The number of carbonyl (C=O) groups excluding carboxylic acids is 1. The molecule has 1 amide bonds. The Kier molecular flexibility index (Phi) is 6.13. The van der Waals surface area contributed by atoms with E-state index in [9.17, 15) is 9.90 Å². The van der Waals surface area contributed by atoms with Gasteiger partial charge >= 0.3 is 6.09 Å². The van der Waals surface area contributed by atoms with Gasteiger partial charge in [0.05, 0.1) is 36.7 Å². The highest BCUT2D eigenvalue weighted by molar-refractivity contribution is 5.80. The van der Waals surface area contributed by atoms with Crippen LogP contribution in [-0.4, -0.2) is 68.0 Å². The van der Waals surface area contributed by atoms with Crippen molar-refractivity contribution >= 4 is 28.8 Å². The number of para-hydroxylation sites is 2. The largest absolute Gasteiger partial charge is 0.431 e. The van der Waals surface area contributed by atoms with Crippen LogP contribution in [0.2, 0.25) is 0 Å². The highest BCUT2D eigenvalue weighted by Gasteiger charge is 2.55. The van der Waals surface area contributed by atoms with Crippen LogP contribution in [0.4, 0.5) is 27.5 Å². The van der Waals surface area contributed by atoms with E-state index in [-0.39, 0.29) is 11.8 Å². The molecule has 7 aliphatic rings. The number of carbonyl (C=O) groups is 1. The summed E-state index contributed by atoms with van der Waals surface area (Å²) in [4.78, 5) is 23.8. The fourth-order valence-electron chi connectivity index (χ4n) is 8.91. The van der Waals surface area contributed by atoms with E-state index in [0.717, 1.165) is 75.1 Å². The van der Waals surface area contributed by atoms with Crippen molar-refractivity contribution < 1.29 is 24.2 Å². The Hall–Kier alpha value is -3.01. The van der Waals surface area contributed by atoms with Crippen LogP contribution in [0.1, 0.15) is 44.9 Å². The molecular formula is C32H40N4O5. The third-order valence-electron chi connectivity index (χ3n) is 10.6. The molecule has 6 fully saturated rings. The molecule has 2 aromatic rings. The Morgan fingerprint density at radius 2 is 1.51 bits per heavy atom. The van der Waals surface area contributed by atoms with Crippen molar-refractivity contribution in [3.63, 3.8) is 0 Å². The molecule has 4 saturated carbocycles. The lowest BCUT2D eigenvalue weighted by Crippen LogP contribution is -2.62. The molecular weight excluding hydrogens is 520 g/mol. The van der Waals surface area contributed by atoms with Crippen LogP contribution in [0.3, 0.4) is 0 Å². The molecule has 9 rings (SSSR count). The summed E-state index contributed by atoms with van der Waals surface area (Å²) in [6, 6.07) is 17.0. The predicted molar refractivity (Wildman–Crippen MR) is 155 cm³/mol. The number of rotatable bonds is 4. The van der Waals surface area contributed by atoms with Gasteiger partial charge in [0.15, 0.2) is 5.79 Å². The van der Waals surface area contributed by atoms with Crippen LogP contribution >= 0.6 is 0 Å². The van der Waals surface area contributed by atoms with E-state index >= 15 is 0 Å². The molecule has 218 valence electrons. The van der Waals surface area contributed by atoms with E-state index in [1.807, 2.05) is 18.2 Å². The molecule has 41 heavy (non-hydrogen) atoms. The van der Waals surface area contributed by atoms with Gasteiger partial charge in [-0.05, 0) is 86.3 Å². The number of anilines is 4. The minimum atomic E-state index is -0.512. The van der Waals surface area contributed by atoms with Crippen molar-refractivity contribution in [2.75, 3.05) is 54.3 Å². The number of piperidine rings is 1. The molecule has 0 aromatic heterocycles. The lowest BCUT2D eigenvalue weighted by atomic mass is 9.52. The van der Waals surface area contributed by atoms with Gasteiger partial charge < -0.3 is 34.5 Å². The lowest BCUT2D eigenvalue weighted by molar-refractivity contribution is -0.169. The Morgan fingerprint density at radius 3 is 2.20 bits per heavy atom. The van der Waals surface area contributed by atoms with Gasteiger partial charge in [-0.2, -0.15) is 0 Å². The highest BCUT2D eigenvalue weighted by atomic mass is 16.7. The van der Waals surface area contributed by atoms with Gasteiger partial charge in [0.25, 0.3) is 0 Å². The van der Waals surface area contributed by atoms with Crippen LogP contribution in [0.5, 0.6) is 0 Å². The number of benzene rings is 2. The molecule has 3 aliphatic heterocycles. The summed E-state index contributed by atoms with van der Waals surface area (Å²) in [6.45, 7) is 4.51. The number of nitrogens with zero attached hydrogens (tertiary/aromatic N) is 3. The Bertz CT molecular complexity index is 1270. The topological polar surface area (TPSA) is 86.7 Å². The second kappa shape index (κ2) is 9.78. The van der Waals surface area contributed by atoms with Gasteiger partial charge in [0.1, 0.15) is 0 Å². The molecule has 2 saturated heterocycles. The zero-order valence-corrected chi connectivity index (χ0v) is 23.5. The number of hydrogen-bond acceptors (Lipinski definition) is 8. The second-order valence-corrected chi connectivity index (χ2v) is 13.1. The number of aliphatic hydroxyl groups is 1. The summed E-state index contributed by atoms with van der Waals surface area (Å²) >= 11 is 0. The fourth-order valence-corrected chi connectivity index (χ4v) is 8.91. The zero-order chi connectivity index (χ0) is 27.6. The average Bonchev–Trinajstić information content (AvgIpc) is 3.43. The molecule has 4 aliphatic carbocycles. The molecule has 3 heterocycles. The minimum absolute atomic E-state index is 0.0954. The molecule has 0 radical (unpaired) electrons. The van der Waals surface area contributed by atoms with Crippen LogP contribution in [-0.2, 0) is 14.3 Å². The fraction of sp³-hybridized carbons (Fsp3) is 0.594. The molecule has 5 atom stereocenters. The molecule has 9 heteroatoms. The van der Waals surface area contributed by atoms with Gasteiger partial charge in [-0.15, -0.1) is 0 Å². The maximum Gasteiger partial charge on any atom is 0.431 e. The molecule has 9 nitrogen and oxygen atoms in total. The second-order valence-electron chi connectivity index (χ2n) is 13.1. The SMILES string of the molecule is O=C(NC1[C@@H]2CC3C[C@H]1CC(O)(C3)C2)ON1CCN(c2ccc(N3CCC4(CC3)OCCO4)cc2)c2ccccc21. The first-order chi connectivity index (χ1) is 20.0. The zero-order valence-electron chi connectivity index (χ0n) is 23.5. The van der Waals surface area contributed by atoms with Crippen LogP contribution in [0.15, 0.2) is 48.5 Å². The summed E-state index contributed by atoms with van der Waals surface area (Å²) in [6.07, 6.45) is 6.13. The van der Waals surface area contributed by atoms with E-state index in [1.165, 1.54) is 5.69 Å². The normalized spacial score (nSPS) is 33.2. The maximum absolute atomic E-state index is 13.1. The van der Waals surface area contributed by atoms with E-state index in [0.29, 0.717) is 44.1 Å². The van der Waals surface area contributed by atoms with Crippen molar-refractivity contribution in [3.8, 4) is 0 Å². The monoisotopic (exact) mass is 560 g/mol. The van der Waals surface area contributed by atoms with E-state index in [2.05, 4.69) is 45.4 Å². The van der Waals surface area contributed by atoms with Crippen LogP contribution < -0.4 is 20.2 Å². The summed E-state index contributed by atoms with van der Waals surface area (Å²) in [5, 5.41) is 15.8. The first-order valence-corrected chi connectivity index (χ1v) is 15.4. The van der Waals surface area contributed by atoms with E-state index < -0.39 is 11.7 Å². The molecule has 3 unspecified atom stereocenters. The smallest absolute Gasteiger partial charge is 0.390 e. The summed E-state index contributed by atoms with van der Waals surface area (Å²) in [5.41, 5.74) is 3.72. The van der Waals surface area contributed by atoms with Crippen molar-refractivity contribution in [3.05, 3.63) is 48.5 Å². The standard InChI is InChI=1S/C32H40N4O5/c37-30(33-29-23-17-22-18-24(29)21-31(38,19-22)20-23)41-36-14-13-35(27-3-1-2-4-28(27)36)26-7-5-25(6-8-26)34-11-9-32(10-12-34)39-15-16-40-32/h1-8,22-24,29,38H,9-21H2,(H,33,37)/t22?,23-,24+,29?,31?.